The summed E-state index contributed by atoms with van der Waals surface area (Å²) in [5, 5.41) is 0. The molecule has 0 unspecified atom stereocenters. The zero-order valence-corrected chi connectivity index (χ0v) is 14.4. The minimum absolute atomic E-state index is 0.198. The SMILES string of the molecule is CCOC(=O)C(Cc1cccc(Oc2ccccc2)c1)C(=O)OCC. The van der Waals surface area contributed by atoms with Gasteiger partial charge in [0.15, 0.2) is 5.92 Å². The summed E-state index contributed by atoms with van der Waals surface area (Å²) in [5.41, 5.74) is 0.791. The first-order valence-electron chi connectivity index (χ1n) is 8.29. The van der Waals surface area contributed by atoms with Crippen molar-refractivity contribution in [3.63, 3.8) is 0 Å². The monoisotopic (exact) mass is 342 g/mol. The largest absolute Gasteiger partial charge is 0.465 e. The van der Waals surface area contributed by atoms with Crippen molar-refractivity contribution >= 4 is 11.9 Å². The molecular weight excluding hydrogens is 320 g/mol. The average molecular weight is 342 g/mol. The summed E-state index contributed by atoms with van der Waals surface area (Å²) in [4.78, 5) is 24.2. The summed E-state index contributed by atoms with van der Waals surface area (Å²) in [6, 6.07) is 16.7. The van der Waals surface area contributed by atoms with Crippen LogP contribution >= 0.6 is 0 Å². The fourth-order valence-electron chi connectivity index (χ4n) is 2.34. The molecule has 2 rings (SSSR count). The lowest BCUT2D eigenvalue weighted by molar-refractivity contribution is -0.161. The molecule has 0 aliphatic rings. The van der Waals surface area contributed by atoms with Gasteiger partial charge in [-0.25, -0.2) is 0 Å². The van der Waals surface area contributed by atoms with Crippen LogP contribution in [0.1, 0.15) is 19.4 Å². The van der Waals surface area contributed by atoms with Gasteiger partial charge in [-0.15, -0.1) is 0 Å². The molecule has 0 saturated heterocycles. The molecule has 2 aromatic carbocycles. The summed E-state index contributed by atoms with van der Waals surface area (Å²) >= 11 is 0. The molecule has 0 amide bonds. The van der Waals surface area contributed by atoms with Crippen molar-refractivity contribution in [2.45, 2.75) is 20.3 Å². The van der Waals surface area contributed by atoms with E-state index in [4.69, 9.17) is 14.2 Å². The topological polar surface area (TPSA) is 61.8 Å². The summed E-state index contributed by atoms with van der Waals surface area (Å²) in [6.07, 6.45) is 0.198. The molecule has 0 bridgehead atoms. The Morgan fingerprint density at radius 2 is 1.44 bits per heavy atom. The predicted octanol–water partition coefficient (Wildman–Crippen LogP) is 3.76. The fourth-order valence-corrected chi connectivity index (χ4v) is 2.34. The van der Waals surface area contributed by atoms with Crippen molar-refractivity contribution < 1.29 is 23.8 Å². The number of rotatable bonds is 8. The smallest absolute Gasteiger partial charge is 0.320 e. The van der Waals surface area contributed by atoms with Crippen molar-refractivity contribution in [3.05, 3.63) is 60.2 Å². The highest BCUT2D eigenvalue weighted by Gasteiger charge is 2.29. The highest BCUT2D eigenvalue weighted by molar-refractivity contribution is 5.95. The summed E-state index contributed by atoms with van der Waals surface area (Å²) in [7, 11) is 0. The van der Waals surface area contributed by atoms with E-state index in [1.807, 2.05) is 48.5 Å². The molecule has 0 heterocycles. The quantitative estimate of drug-likeness (QED) is 0.540. The number of carbonyl (C=O) groups is 2. The zero-order valence-electron chi connectivity index (χ0n) is 14.4. The number of benzene rings is 2. The van der Waals surface area contributed by atoms with Gasteiger partial charge in [-0.2, -0.15) is 0 Å². The van der Waals surface area contributed by atoms with Crippen molar-refractivity contribution in [1.82, 2.24) is 0 Å². The van der Waals surface area contributed by atoms with E-state index >= 15 is 0 Å². The van der Waals surface area contributed by atoms with Crippen LogP contribution in [0.5, 0.6) is 11.5 Å². The van der Waals surface area contributed by atoms with Gasteiger partial charge in [-0.3, -0.25) is 9.59 Å². The molecule has 0 spiro atoms. The lowest BCUT2D eigenvalue weighted by Crippen LogP contribution is -2.30. The van der Waals surface area contributed by atoms with Crippen LogP contribution in [0.4, 0.5) is 0 Å². The Bertz CT molecular complexity index is 678. The molecule has 25 heavy (non-hydrogen) atoms. The fraction of sp³-hybridized carbons (Fsp3) is 0.300. The van der Waals surface area contributed by atoms with Crippen LogP contribution in [-0.4, -0.2) is 25.2 Å². The van der Waals surface area contributed by atoms with Gasteiger partial charge >= 0.3 is 11.9 Å². The van der Waals surface area contributed by atoms with Crippen molar-refractivity contribution in [3.8, 4) is 11.5 Å². The van der Waals surface area contributed by atoms with E-state index in [0.29, 0.717) is 11.5 Å². The third-order valence-corrected chi connectivity index (χ3v) is 3.46. The van der Waals surface area contributed by atoms with Gasteiger partial charge in [0.1, 0.15) is 11.5 Å². The van der Waals surface area contributed by atoms with Gasteiger partial charge < -0.3 is 14.2 Å². The van der Waals surface area contributed by atoms with Crippen LogP contribution < -0.4 is 4.74 Å². The highest BCUT2D eigenvalue weighted by atomic mass is 16.6. The minimum atomic E-state index is -0.980. The van der Waals surface area contributed by atoms with Crippen LogP contribution in [0.2, 0.25) is 0 Å². The first-order chi connectivity index (χ1) is 12.1. The first kappa shape index (κ1) is 18.5. The van der Waals surface area contributed by atoms with Crippen LogP contribution in [-0.2, 0) is 25.5 Å². The van der Waals surface area contributed by atoms with Crippen LogP contribution in [0.25, 0.3) is 0 Å². The number of hydrogen-bond donors (Lipinski definition) is 0. The zero-order chi connectivity index (χ0) is 18.1. The molecule has 0 saturated carbocycles. The molecule has 5 heteroatoms. The van der Waals surface area contributed by atoms with E-state index in [-0.39, 0.29) is 19.6 Å². The summed E-state index contributed by atoms with van der Waals surface area (Å²) < 4.78 is 15.8. The number of ether oxygens (including phenoxy) is 3. The molecule has 0 N–H and O–H groups in total. The lowest BCUT2D eigenvalue weighted by atomic mass is 9.99. The number of hydrogen-bond acceptors (Lipinski definition) is 5. The third kappa shape index (κ3) is 5.64. The molecule has 0 aliphatic carbocycles. The second-order valence-electron chi connectivity index (χ2n) is 5.32. The van der Waals surface area contributed by atoms with E-state index < -0.39 is 17.9 Å². The second-order valence-corrected chi connectivity index (χ2v) is 5.32. The van der Waals surface area contributed by atoms with Gasteiger partial charge in [-0.05, 0) is 50.1 Å². The highest BCUT2D eigenvalue weighted by Crippen LogP contribution is 2.23. The molecule has 0 atom stereocenters. The van der Waals surface area contributed by atoms with Crippen molar-refractivity contribution in [1.29, 1.82) is 0 Å². The molecule has 2 aromatic rings. The normalized spacial score (nSPS) is 10.4. The second kappa shape index (κ2) is 9.47. The van der Waals surface area contributed by atoms with Crippen molar-refractivity contribution in [2.75, 3.05) is 13.2 Å². The average Bonchev–Trinajstić information content (AvgIpc) is 2.61. The van der Waals surface area contributed by atoms with Gasteiger partial charge in [-0.1, -0.05) is 30.3 Å². The van der Waals surface area contributed by atoms with Gasteiger partial charge in [0, 0.05) is 0 Å². The van der Waals surface area contributed by atoms with Crippen LogP contribution in [0, 0.1) is 5.92 Å². The Morgan fingerprint density at radius 3 is 2.04 bits per heavy atom. The van der Waals surface area contributed by atoms with Crippen molar-refractivity contribution in [2.24, 2.45) is 5.92 Å². The van der Waals surface area contributed by atoms with E-state index in [9.17, 15) is 9.59 Å². The Kier molecular flexibility index (Phi) is 7.01. The maximum Gasteiger partial charge on any atom is 0.320 e. The Morgan fingerprint density at radius 1 is 0.840 bits per heavy atom. The lowest BCUT2D eigenvalue weighted by Gasteiger charge is -2.15. The predicted molar refractivity (Wildman–Crippen MR) is 93.4 cm³/mol. The van der Waals surface area contributed by atoms with E-state index in [1.165, 1.54) is 0 Å². The number of carbonyl (C=O) groups excluding carboxylic acids is 2. The first-order valence-corrected chi connectivity index (χ1v) is 8.29. The third-order valence-electron chi connectivity index (χ3n) is 3.46. The van der Waals surface area contributed by atoms with E-state index in [2.05, 4.69) is 0 Å². The summed E-state index contributed by atoms with van der Waals surface area (Å²) in [6.45, 7) is 3.83. The van der Waals surface area contributed by atoms with Gasteiger partial charge in [0.05, 0.1) is 13.2 Å². The number of esters is 2. The van der Waals surface area contributed by atoms with E-state index in [0.717, 1.165) is 5.56 Å². The molecule has 0 radical (unpaired) electrons. The van der Waals surface area contributed by atoms with Gasteiger partial charge in [0.25, 0.3) is 0 Å². The molecule has 132 valence electrons. The van der Waals surface area contributed by atoms with E-state index in [1.54, 1.807) is 19.9 Å². The Balaban J connectivity index is 2.14. The minimum Gasteiger partial charge on any atom is -0.465 e. The molecule has 5 nitrogen and oxygen atoms in total. The Labute approximate surface area is 147 Å². The number of para-hydroxylation sites is 1. The van der Waals surface area contributed by atoms with Gasteiger partial charge in [0.2, 0.25) is 0 Å². The Hall–Kier alpha value is -2.82. The van der Waals surface area contributed by atoms with Crippen LogP contribution in [0.15, 0.2) is 54.6 Å². The van der Waals surface area contributed by atoms with Crippen LogP contribution in [0.3, 0.4) is 0 Å². The summed E-state index contributed by atoms with van der Waals surface area (Å²) in [5.74, 6) is -0.778. The molecule has 0 aromatic heterocycles. The molecular formula is C20H22O5. The molecule has 0 aliphatic heterocycles. The standard InChI is InChI=1S/C20H22O5/c1-3-23-19(21)18(20(22)24-4-2)14-15-9-8-12-17(13-15)25-16-10-6-5-7-11-16/h5-13,18H,3-4,14H2,1-2H3. The maximum absolute atomic E-state index is 12.1. The maximum atomic E-state index is 12.1. The molecule has 0 fully saturated rings.